The van der Waals surface area contributed by atoms with Gasteiger partial charge in [0.2, 0.25) is 0 Å². The van der Waals surface area contributed by atoms with E-state index >= 15 is 0 Å². The van der Waals surface area contributed by atoms with Crippen LogP contribution in [0.4, 0.5) is 0 Å². The van der Waals surface area contributed by atoms with Crippen LogP contribution in [-0.4, -0.2) is 46.5 Å². The van der Waals surface area contributed by atoms with Crippen molar-refractivity contribution in [3.05, 3.63) is 59.8 Å². The molecule has 0 fully saturated rings. The number of aromatic amines is 1. The van der Waals surface area contributed by atoms with Crippen LogP contribution in [0.3, 0.4) is 0 Å². The summed E-state index contributed by atoms with van der Waals surface area (Å²) in [5, 5.41) is 9.43. The lowest BCUT2D eigenvalue weighted by Crippen LogP contribution is -2.41. The SMILES string of the molecule is Cc1nsc(-c2nnc3n2CCN(C(=O)c2ccc(-c4ccc[nH]4)cc2)[C@@H]3C)n1. The van der Waals surface area contributed by atoms with Crippen LogP contribution in [0.2, 0.25) is 0 Å². The monoisotopic (exact) mass is 405 g/mol. The number of fused-ring (bicyclic) bond motifs is 1. The van der Waals surface area contributed by atoms with Gasteiger partial charge in [-0.05, 0) is 55.2 Å². The maximum Gasteiger partial charge on any atom is 0.254 e. The molecule has 0 spiro atoms. The van der Waals surface area contributed by atoms with Crippen molar-refractivity contribution in [3.8, 4) is 22.1 Å². The fraction of sp³-hybridized carbons (Fsp3) is 0.250. The van der Waals surface area contributed by atoms with Crippen LogP contribution in [0.25, 0.3) is 22.1 Å². The second-order valence-corrected chi connectivity index (χ2v) is 7.77. The maximum atomic E-state index is 13.1. The predicted molar refractivity (Wildman–Crippen MR) is 109 cm³/mol. The average molecular weight is 405 g/mol. The summed E-state index contributed by atoms with van der Waals surface area (Å²) in [5.74, 6) is 2.22. The molecule has 0 saturated carbocycles. The Balaban J connectivity index is 1.39. The van der Waals surface area contributed by atoms with E-state index in [4.69, 9.17) is 0 Å². The minimum absolute atomic E-state index is 0.00176. The third kappa shape index (κ3) is 3.03. The first kappa shape index (κ1) is 17.7. The van der Waals surface area contributed by atoms with Crippen LogP contribution in [0.15, 0.2) is 42.6 Å². The van der Waals surface area contributed by atoms with Crippen LogP contribution in [0, 0.1) is 6.92 Å². The molecule has 4 heterocycles. The van der Waals surface area contributed by atoms with Crippen molar-refractivity contribution in [1.29, 1.82) is 0 Å². The molecule has 8 nitrogen and oxygen atoms in total. The maximum absolute atomic E-state index is 13.1. The lowest BCUT2D eigenvalue weighted by Gasteiger charge is -2.33. The Kier molecular flexibility index (Phi) is 4.24. The van der Waals surface area contributed by atoms with Crippen molar-refractivity contribution in [3.63, 3.8) is 0 Å². The lowest BCUT2D eigenvalue weighted by molar-refractivity contribution is 0.0638. The molecule has 146 valence electrons. The van der Waals surface area contributed by atoms with Gasteiger partial charge in [-0.3, -0.25) is 4.79 Å². The quantitative estimate of drug-likeness (QED) is 0.564. The van der Waals surface area contributed by atoms with Gasteiger partial charge in [0.25, 0.3) is 5.91 Å². The number of nitrogens with one attached hydrogen (secondary N) is 1. The molecule has 1 atom stereocenters. The topological polar surface area (TPSA) is 92.6 Å². The van der Waals surface area contributed by atoms with Gasteiger partial charge in [-0.1, -0.05) is 12.1 Å². The van der Waals surface area contributed by atoms with Gasteiger partial charge in [0, 0.05) is 30.5 Å². The van der Waals surface area contributed by atoms with Gasteiger partial charge in [0.1, 0.15) is 5.82 Å². The van der Waals surface area contributed by atoms with E-state index in [9.17, 15) is 4.79 Å². The molecule has 1 aliphatic rings. The van der Waals surface area contributed by atoms with Crippen molar-refractivity contribution in [2.45, 2.75) is 26.4 Å². The highest BCUT2D eigenvalue weighted by molar-refractivity contribution is 7.09. The van der Waals surface area contributed by atoms with Crippen molar-refractivity contribution in [1.82, 2.24) is 34.0 Å². The highest BCUT2D eigenvalue weighted by atomic mass is 32.1. The van der Waals surface area contributed by atoms with Gasteiger partial charge in [-0.15, -0.1) is 10.2 Å². The first-order chi connectivity index (χ1) is 14.1. The van der Waals surface area contributed by atoms with E-state index in [2.05, 4.69) is 24.5 Å². The summed E-state index contributed by atoms with van der Waals surface area (Å²) in [4.78, 5) is 22.6. The molecule has 0 bridgehead atoms. The number of nitrogens with zero attached hydrogens (tertiary/aromatic N) is 6. The van der Waals surface area contributed by atoms with Crippen molar-refractivity contribution in [2.75, 3.05) is 6.54 Å². The summed E-state index contributed by atoms with van der Waals surface area (Å²) < 4.78 is 6.28. The van der Waals surface area contributed by atoms with Gasteiger partial charge >= 0.3 is 0 Å². The van der Waals surface area contributed by atoms with Crippen LogP contribution in [0.5, 0.6) is 0 Å². The Hall–Kier alpha value is -3.33. The Morgan fingerprint density at radius 3 is 2.69 bits per heavy atom. The zero-order chi connectivity index (χ0) is 20.0. The number of H-pyrrole nitrogens is 1. The van der Waals surface area contributed by atoms with Gasteiger partial charge in [0.15, 0.2) is 16.7 Å². The van der Waals surface area contributed by atoms with Gasteiger partial charge in [0.05, 0.1) is 6.04 Å². The number of rotatable bonds is 3. The van der Waals surface area contributed by atoms with Crippen LogP contribution < -0.4 is 0 Å². The van der Waals surface area contributed by atoms with Crippen LogP contribution in [0.1, 0.15) is 35.0 Å². The molecule has 1 amide bonds. The summed E-state index contributed by atoms with van der Waals surface area (Å²) in [6, 6.07) is 11.5. The third-order valence-corrected chi connectivity index (χ3v) is 6.01. The summed E-state index contributed by atoms with van der Waals surface area (Å²) in [6.07, 6.45) is 1.89. The van der Waals surface area contributed by atoms with E-state index < -0.39 is 0 Å². The molecule has 4 aromatic rings. The molecule has 0 saturated heterocycles. The predicted octanol–water partition coefficient (Wildman–Crippen LogP) is 3.32. The van der Waals surface area contributed by atoms with E-state index in [1.54, 1.807) is 0 Å². The molecule has 3 aromatic heterocycles. The smallest absolute Gasteiger partial charge is 0.254 e. The van der Waals surface area contributed by atoms with Crippen molar-refractivity contribution < 1.29 is 4.79 Å². The minimum Gasteiger partial charge on any atom is -0.361 e. The van der Waals surface area contributed by atoms with Crippen LogP contribution >= 0.6 is 11.5 Å². The second kappa shape index (κ2) is 6.93. The molecule has 9 heteroatoms. The Bertz CT molecular complexity index is 1160. The Morgan fingerprint density at radius 1 is 1.17 bits per heavy atom. The fourth-order valence-electron chi connectivity index (χ4n) is 3.68. The Labute approximate surface area is 171 Å². The minimum atomic E-state index is -0.172. The average Bonchev–Trinajstić information content (AvgIpc) is 3.48. The first-order valence-electron chi connectivity index (χ1n) is 9.40. The van der Waals surface area contributed by atoms with Crippen LogP contribution in [-0.2, 0) is 6.54 Å². The van der Waals surface area contributed by atoms with E-state index in [-0.39, 0.29) is 11.9 Å². The molecule has 0 radical (unpaired) electrons. The number of benzene rings is 1. The van der Waals surface area contributed by atoms with E-state index in [1.807, 2.05) is 65.9 Å². The lowest BCUT2D eigenvalue weighted by atomic mass is 10.1. The molecule has 5 rings (SSSR count). The molecule has 0 aliphatic carbocycles. The Morgan fingerprint density at radius 2 is 2.00 bits per heavy atom. The number of hydrogen-bond donors (Lipinski definition) is 1. The summed E-state index contributed by atoms with van der Waals surface area (Å²) >= 11 is 1.32. The van der Waals surface area contributed by atoms with Gasteiger partial charge in [-0.25, -0.2) is 4.98 Å². The number of hydrogen-bond acceptors (Lipinski definition) is 6. The zero-order valence-corrected chi connectivity index (χ0v) is 16.8. The molecule has 1 aliphatic heterocycles. The molecular weight excluding hydrogens is 386 g/mol. The number of carbonyl (C=O) groups is 1. The summed E-state index contributed by atoms with van der Waals surface area (Å²) in [5.41, 5.74) is 2.75. The molecule has 1 aromatic carbocycles. The molecule has 0 unspecified atom stereocenters. The largest absolute Gasteiger partial charge is 0.361 e. The second-order valence-electron chi connectivity index (χ2n) is 7.02. The van der Waals surface area contributed by atoms with Gasteiger partial charge in [-0.2, -0.15) is 4.37 Å². The molecular formula is C20H19N7OS. The number of carbonyl (C=O) groups excluding carboxylic acids is 1. The third-order valence-electron chi connectivity index (χ3n) is 5.21. The number of aryl methyl sites for hydroxylation is 1. The number of aromatic nitrogens is 6. The highest BCUT2D eigenvalue weighted by Crippen LogP contribution is 2.30. The fourth-order valence-corrected chi connectivity index (χ4v) is 4.34. The van der Waals surface area contributed by atoms with Gasteiger partial charge < -0.3 is 14.5 Å². The summed E-state index contributed by atoms with van der Waals surface area (Å²) in [7, 11) is 0. The van der Waals surface area contributed by atoms with E-state index in [0.29, 0.717) is 18.7 Å². The van der Waals surface area contributed by atoms with Crippen molar-refractivity contribution in [2.24, 2.45) is 0 Å². The standard InChI is InChI=1S/C20H19N7OS/c1-12-17-23-24-18(19-22-13(2)25-29-19)27(17)11-10-26(12)20(28)15-7-5-14(6-8-15)16-4-3-9-21-16/h3-9,12,21H,10-11H2,1-2H3/t12-/m1/s1. The number of amides is 1. The van der Waals surface area contributed by atoms with E-state index in [0.717, 1.165) is 33.7 Å². The highest BCUT2D eigenvalue weighted by Gasteiger charge is 2.32. The molecule has 29 heavy (non-hydrogen) atoms. The van der Waals surface area contributed by atoms with E-state index in [1.165, 1.54) is 11.5 Å². The zero-order valence-electron chi connectivity index (χ0n) is 16.0. The normalized spacial score (nSPS) is 16.1. The first-order valence-corrected chi connectivity index (χ1v) is 10.2. The summed E-state index contributed by atoms with van der Waals surface area (Å²) in [6.45, 7) is 5.07. The molecule has 1 N–H and O–H groups in total. The van der Waals surface area contributed by atoms with Crippen molar-refractivity contribution >= 4 is 17.4 Å².